The average Bonchev–Trinajstić information content (AvgIpc) is 2.64. The van der Waals surface area contributed by atoms with Gasteiger partial charge in [0.25, 0.3) is 20.0 Å². The zero-order chi connectivity index (χ0) is 18.6. The van der Waals surface area contributed by atoms with Gasteiger partial charge in [-0.3, -0.25) is 0 Å². The second-order valence-electron chi connectivity index (χ2n) is 6.08. The molecule has 0 aliphatic heterocycles. The van der Waals surface area contributed by atoms with Crippen LogP contribution in [0.25, 0.3) is 0 Å². The van der Waals surface area contributed by atoms with Crippen LogP contribution in [0.4, 0.5) is 0 Å². The third kappa shape index (κ3) is 4.44. The van der Waals surface area contributed by atoms with Gasteiger partial charge in [0, 0.05) is 24.5 Å². The molecule has 1 aliphatic rings. The SMILES string of the molecule is O=S(=O)(N[C@@H]1CCCC[C@H]1NS(=O)(=O)c1ccccn1)c1ccccn1. The Labute approximate surface area is 153 Å². The van der Waals surface area contributed by atoms with E-state index in [0.29, 0.717) is 12.8 Å². The Morgan fingerprint density at radius 3 is 1.50 bits per heavy atom. The molecule has 0 unspecified atom stereocenters. The summed E-state index contributed by atoms with van der Waals surface area (Å²) < 4.78 is 55.3. The highest BCUT2D eigenvalue weighted by Gasteiger charge is 2.33. The predicted molar refractivity (Wildman–Crippen MR) is 95.2 cm³/mol. The topological polar surface area (TPSA) is 118 Å². The zero-order valence-electron chi connectivity index (χ0n) is 13.9. The van der Waals surface area contributed by atoms with Crippen LogP contribution in [0.5, 0.6) is 0 Å². The summed E-state index contributed by atoms with van der Waals surface area (Å²) in [5, 5.41) is -0.172. The van der Waals surface area contributed by atoms with Crippen LogP contribution in [-0.2, 0) is 20.0 Å². The largest absolute Gasteiger partial charge is 0.258 e. The van der Waals surface area contributed by atoms with Crippen molar-refractivity contribution in [2.24, 2.45) is 0 Å². The first-order chi connectivity index (χ1) is 12.4. The molecule has 2 aromatic rings. The maximum Gasteiger partial charge on any atom is 0.258 e. The highest BCUT2D eigenvalue weighted by molar-refractivity contribution is 7.89. The summed E-state index contributed by atoms with van der Waals surface area (Å²) in [6, 6.07) is 8.14. The monoisotopic (exact) mass is 396 g/mol. The van der Waals surface area contributed by atoms with E-state index < -0.39 is 32.1 Å². The second-order valence-corrected chi connectivity index (χ2v) is 9.40. The van der Waals surface area contributed by atoms with Gasteiger partial charge in [-0.15, -0.1) is 0 Å². The summed E-state index contributed by atoms with van der Waals surface area (Å²) in [6.07, 6.45) is 5.52. The van der Waals surface area contributed by atoms with Crippen molar-refractivity contribution in [2.75, 3.05) is 0 Å². The molecule has 0 aromatic carbocycles. The minimum Gasteiger partial charge on any atom is -0.243 e. The third-order valence-electron chi connectivity index (χ3n) is 4.21. The molecule has 2 aromatic heterocycles. The van der Waals surface area contributed by atoms with Crippen molar-refractivity contribution in [1.82, 2.24) is 19.4 Å². The van der Waals surface area contributed by atoms with Crippen LogP contribution in [0.3, 0.4) is 0 Å². The molecule has 1 aliphatic carbocycles. The summed E-state index contributed by atoms with van der Waals surface area (Å²) in [4.78, 5) is 7.73. The van der Waals surface area contributed by atoms with E-state index in [4.69, 9.17) is 0 Å². The molecule has 140 valence electrons. The fourth-order valence-electron chi connectivity index (χ4n) is 2.94. The van der Waals surface area contributed by atoms with Crippen molar-refractivity contribution >= 4 is 20.0 Å². The van der Waals surface area contributed by atoms with E-state index in [1.165, 1.54) is 24.5 Å². The molecule has 2 N–H and O–H groups in total. The molecular formula is C16H20N4O4S2. The zero-order valence-corrected chi connectivity index (χ0v) is 15.6. The third-order valence-corrected chi connectivity index (χ3v) is 7.02. The van der Waals surface area contributed by atoms with Gasteiger partial charge in [0.1, 0.15) is 0 Å². The van der Waals surface area contributed by atoms with Crippen LogP contribution in [0, 0.1) is 0 Å². The van der Waals surface area contributed by atoms with Crippen molar-refractivity contribution in [3.05, 3.63) is 48.8 Å². The Morgan fingerprint density at radius 1 is 0.731 bits per heavy atom. The maximum atomic E-state index is 12.5. The van der Waals surface area contributed by atoms with Crippen molar-refractivity contribution in [2.45, 2.75) is 47.8 Å². The highest BCUT2D eigenvalue weighted by atomic mass is 32.2. The number of nitrogens with zero attached hydrogens (tertiary/aromatic N) is 2. The van der Waals surface area contributed by atoms with E-state index in [0.717, 1.165) is 12.8 Å². The molecule has 1 saturated carbocycles. The van der Waals surface area contributed by atoms with Crippen LogP contribution < -0.4 is 9.44 Å². The van der Waals surface area contributed by atoms with Gasteiger partial charge in [-0.2, -0.15) is 0 Å². The number of pyridine rings is 2. The molecular weight excluding hydrogens is 376 g/mol. The van der Waals surface area contributed by atoms with Gasteiger partial charge in [0.15, 0.2) is 10.1 Å². The van der Waals surface area contributed by atoms with Gasteiger partial charge in [-0.1, -0.05) is 25.0 Å². The Kier molecular flexibility index (Phi) is 5.66. The molecule has 2 heterocycles. The number of rotatable bonds is 6. The minimum atomic E-state index is -3.82. The van der Waals surface area contributed by atoms with E-state index in [-0.39, 0.29) is 10.1 Å². The summed E-state index contributed by atoms with van der Waals surface area (Å²) in [5.41, 5.74) is 0. The second kappa shape index (κ2) is 7.78. The number of sulfonamides is 2. The van der Waals surface area contributed by atoms with Crippen molar-refractivity contribution in [1.29, 1.82) is 0 Å². The van der Waals surface area contributed by atoms with E-state index >= 15 is 0 Å². The van der Waals surface area contributed by atoms with Crippen LogP contribution >= 0.6 is 0 Å². The van der Waals surface area contributed by atoms with E-state index in [9.17, 15) is 16.8 Å². The molecule has 26 heavy (non-hydrogen) atoms. The van der Waals surface area contributed by atoms with Crippen molar-refractivity contribution in [3.8, 4) is 0 Å². The number of aromatic nitrogens is 2. The van der Waals surface area contributed by atoms with Gasteiger partial charge in [-0.05, 0) is 37.1 Å². The first-order valence-electron chi connectivity index (χ1n) is 8.25. The van der Waals surface area contributed by atoms with Crippen molar-refractivity contribution in [3.63, 3.8) is 0 Å². The van der Waals surface area contributed by atoms with E-state index in [1.54, 1.807) is 24.3 Å². The lowest BCUT2D eigenvalue weighted by atomic mass is 9.92. The van der Waals surface area contributed by atoms with E-state index in [2.05, 4.69) is 19.4 Å². The smallest absolute Gasteiger partial charge is 0.243 e. The van der Waals surface area contributed by atoms with Crippen LogP contribution in [0.2, 0.25) is 0 Å². The van der Waals surface area contributed by atoms with Crippen LogP contribution in [-0.4, -0.2) is 38.9 Å². The van der Waals surface area contributed by atoms with Gasteiger partial charge < -0.3 is 0 Å². The number of hydrogen-bond acceptors (Lipinski definition) is 6. The summed E-state index contributed by atoms with van der Waals surface area (Å²) in [5.74, 6) is 0. The predicted octanol–water partition coefficient (Wildman–Crippen LogP) is 1.04. The Bertz CT molecular complexity index is 855. The summed E-state index contributed by atoms with van der Waals surface area (Å²) in [7, 11) is -7.65. The quantitative estimate of drug-likeness (QED) is 0.753. The fraction of sp³-hybridized carbons (Fsp3) is 0.375. The van der Waals surface area contributed by atoms with Crippen LogP contribution in [0.1, 0.15) is 25.7 Å². The lowest BCUT2D eigenvalue weighted by Gasteiger charge is -2.32. The Balaban J connectivity index is 1.78. The molecule has 10 heteroatoms. The lowest BCUT2D eigenvalue weighted by molar-refractivity contribution is 0.339. The van der Waals surface area contributed by atoms with Gasteiger partial charge in [0.2, 0.25) is 0 Å². The lowest BCUT2D eigenvalue weighted by Crippen LogP contribution is -2.53. The van der Waals surface area contributed by atoms with Gasteiger partial charge >= 0.3 is 0 Å². The first-order valence-corrected chi connectivity index (χ1v) is 11.2. The Morgan fingerprint density at radius 2 is 1.15 bits per heavy atom. The molecule has 1 fully saturated rings. The molecule has 8 nitrogen and oxygen atoms in total. The standard InChI is InChI=1S/C16H20N4O4S2/c21-25(22,15-9-3-5-11-17-15)19-13-7-1-2-8-14(13)20-26(23,24)16-10-4-6-12-18-16/h3-6,9-14,19-20H,1-2,7-8H2/t13-,14-/m1/s1. The minimum absolute atomic E-state index is 0.0862. The fourth-order valence-corrected chi connectivity index (χ4v) is 5.46. The Hall–Kier alpha value is -1.88. The van der Waals surface area contributed by atoms with E-state index in [1.807, 2.05) is 0 Å². The first kappa shape index (κ1) is 18.9. The summed E-state index contributed by atoms with van der Waals surface area (Å²) in [6.45, 7) is 0. The molecule has 0 bridgehead atoms. The maximum absolute atomic E-state index is 12.5. The average molecular weight is 396 g/mol. The van der Waals surface area contributed by atoms with Gasteiger partial charge in [0.05, 0.1) is 0 Å². The van der Waals surface area contributed by atoms with Crippen molar-refractivity contribution < 1.29 is 16.8 Å². The molecule has 0 spiro atoms. The van der Waals surface area contributed by atoms with Gasteiger partial charge in [-0.25, -0.2) is 36.2 Å². The van der Waals surface area contributed by atoms with Crippen LogP contribution in [0.15, 0.2) is 58.8 Å². The number of nitrogens with one attached hydrogen (secondary N) is 2. The number of hydrogen-bond donors (Lipinski definition) is 2. The molecule has 2 atom stereocenters. The highest BCUT2D eigenvalue weighted by Crippen LogP contribution is 2.22. The molecule has 0 amide bonds. The summed E-state index contributed by atoms with van der Waals surface area (Å²) >= 11 is 0. The molecule has 0 radical (unpaired) electrons. The molecule has 3 rings (SSSR count). The molecule has 0 saturated heterocycles. The normalized spacial score (nSPS) is 21.4.